The number of anilines is 1. The number of guanidine groups is 1. The minimum absolute atomic E-state index is 0.160. The first kappa shape index (κ1) is 15.0. The molecule has 0 radical (unpaired) electrons. The van der Waals surface area contributed by atoms with Crippen molar-refractivity contribution in [3.63, 3.8) is 0 Å². The van der Waals surface area contributed by atoms with Crippen molar-refractivity contribution in [1.82, 2.24) is 9.55 Å². The first-order valence-corrected chi connectivity index (χ1v) is 7.87. The Kier molecular flexibility index (Phi) is 3.44. The van der Waals surface area contributed by atoms with Gasteiger partial charge in [0.1, 0.15) is 0 Å². The van der Waals surface area contributed by atoms with Gasteiger partial charge in [-0.25, -0.2) is 4.99 Å². The Hall–Kier alpha value is -2.57. The van der Waals surface area contributed by atoms with Crippen molar-refractivity contribution in [2.45, 2.75) is 6.17 Å². The molecule has 0 amide bonds. The van der Waals surface area contributed by atoms with Crippen LogP contribution < -0.4 is 16.6 Å². The van der Waals surface area contributed by atoms with Crippen LogP contribution >= 0.6 is 23.2 Å². The van der Waals surface area contributed by atoms with E-state index in [0.717, 1.165) is 0 Å². The molecule has 1 aliphatic heterocycles. The summed E-state index contributed by atoms with van der Waals surface area (Å²) in [6, 6.07) is 12.3. The van der Waals surface area contributed by atoms with E-state index in [1.807, 2.05) is 12.1 Å². The summed E-state index contributed by atoms with van der Waals surface area (Å²) < 4.78 is 1.79. The number of para-hydroxylation sites is 1. The third-order valence-electron chi connectivity index (χ3n) is 3.82. The van der Waals surface area contributed by atoms with Gasteiger partial charge in [-0.3, -0.25) is 14.7 Å². The van der Waals surface area contributed by atoms with E-state index in [2.05, 4.69) is 15.3 Å². The third kappa shape index (κ3) is 2.31. The van der Waals surface area contributed by atoms with E-state index in [4.69, 9.17) is 28.9 Å². The summed E-state index contributed by atoms with van der Waals surface area (Å²) in [4.78, 5) is 20.7. The molecule has 8 heteroatoms. The Labute approximate surface area is 146 Å². The normalized spacial score (nSPS) is 16.4. The van der Waals surface area contributed by atoms with Gasteiger partial charge >= 0.3 is 0 Å². The molecule has 2 aromatic carbocycles. The third-order valence-corrected chi connectivity index (χ3v) is 4.38. The van der Waals surface area contributed by atoms with Crippen LogP contribution in [0, 0.1) is 0 Å². The molecular weight excluding hydrogens is 349 g/mol. The van der Waals surface area contributed by atoms with Crippen LogP contribution in [0.5, 0.6) is 0 Å². The number of fused-ring (bicyclic) bond motifs is 3. The predicted molar refractivity (Wildman–Crippen MR) is 95.8 cm³/mol. The summed E-state index contributed by atoms with van der Waals surface area (Å²) in [5.74, 6) is 0.482. The highest BCUT2D eigenvalue weighted by Crippen LogP contribution is 2.34. The minimum Gasteiger partial charge on any atom is -0.370 e. The highest BCUT2D eigenvalue weighted by Gasteiger charge is 2.26. The average Bonchev–Trinajstić information content (AvgIpc) is 2.54. The van der Waals surface area contributed by atoms with E-state index in [1.54, 1.807) is 34.9 Å². The Morgan fingerprint density at radius 1 is 1.17 bits per heavy atom. The summed E-state index contributed by atoms with van der Waals surface area (Å²) >= 11 is 12.3. The molecule has 0 spiro atoms. The van der Waals surface area contributed by atoms with Gasteiger partial charge in [-0.2, -0.15) is 4.98 Å². The van der Waals surface area contributed by atoms with E-state index in [1.165, 1.54) is 0 Å². The molecule has 1 aromatic heterocycles. The lowest BCUT2D eigenvalue weighted by Gasteiger charge is -2.27. The van der Waals surface area contributed by atoms with Gasteiger partial charge in [0, 0.05) is 15.6 Å². The summed E-state index contributed by atoms with van der Waals surface area (Å²) in [5, 5.41) is 4.31. The largest absolute Gasteiger partial charge is 0.370 e. The molecule has 0 saturated carbocycles. The van der Waals surface area contributed by atoms with Crippen LogP contribution in [-0.4, -0.2) is 15.5 Å². The number of rotatable bonds is 1. The molecule has 1 aliphatic rings. The molecule has 2 heterocycles. The van der Waals surface area contributed by atoms with Crippen molar-refractivity contribution in [1.29, 1.82) is 0 Å². The number of aliphatic imine (C=N–C) groups is 1. The smallest absolute Gasteiger partial charge is 0.282 e. The Bertz CT molecular complexity index is 1060. The van der Waals surface area contributed by atoms with Crippen LogP contribution in [0.25, 0.3) is 10.9 Å². The standard InChI is InChI=1S/C16H11Cl2N5O/c17-8-5-6-9(11(18)7-8)13-20-15(19)22-16-21-14(24)10-3-1-2-4-12(10)23(13)16/h1-7,13H,(H3,19,20,21,22,24)/t13-/m0/s1. The lowest BCUT2D eigenvalue weighted by molar-refractivity contribution is 0.616. The Morgan fingerprint density at radius 3 is 2.75 bits per heavy atom. The predicted octanol–water partition coefficient (Wildman–Crippen LogP) is 2.99. The maximum atomic E-state index is 12.2. The number of aromatic nitrogens is 2. The van der Waals surface area contributed by atoms with Gasteiger partial charge in [0.15, 0.2) is 12.1 Å². The van der Waals surface area contributed by atoms with Crippen LogP contribution in [0.3, 0.4) is 0 Å². The van der Waals surface area contributed by atoms with Gasteiger partial charge in [-0.15, -0.1) is 0 Å². The maximum absolute atomic E-state index is 12.2. The monoisotopic (exact) mass is 359 g/mol. The van der Waals surface area contributed by atoms with Gasteiger partial charge < -0.3 is 5.73 Å². The minimum atomic E-state index is -0.552. The molecule has 0 aliphatic carbocycles. The van der Waals surface area contributed by atoms with Gasteiger partial charge in [0.2, 0.25) is 5.95 Å². The van der Waals surface area contributed by atoms with Crippen molar-refractivity contribution in [3.8, 4) is 0 Å². The SMILES string of the molecule is NC1=N[C@H](c2ccc(Cl)cc2Cl)n2c(nc(=O)c3ccccc32)N1. The maximum Gasteiger partial charge on any atom is 0.282 e. The number of hydrogen-bond acceptors (Lipinski definition) is 5. The van der Waals surface area contributed by atoms with E-state index in [9.17, 15) is 4.79 Å². The van der Waals surface area contributed by atoms with Crippen molar-refractivity contribution in [3.05, 3.63) is 68.4 Å². The zero-order valence-electron chi connectivity index (χ0n) is 12.2. The summed E-state index contributed by atoms with van der Waals surface area (Å²) in [5.41, 5.74) is 6.93. The van der Waals surface area contributed by atoms with Gasteiger partial charge in [0.05, 0.1) is 10.9 Å². The highest BCUT2D eigenvalue weighted by molar-refractivity contribution is 6.35. The number of benzene rings is 2. The fraction of sp³-hybridized carbons (Fsp3) is 0.0625. The fourth-order valence-electron chi connectivity index (χ4n) is 2.78. The second-order valence-electron chi connectivity index (χ2n) is 5.31. The number of nitrogens with zero attached hydrogens (tertiary/aromatic N) is 3. The van der Waals surface area contributed by atoms with Crippen LogP contribution in [0.4, 0.5) is 5.95 Å². The molecule has 3 N–H and O–H groups in total. The van der Waals surface area contributed by atoms with Crippen LogP contribution in [-0.2, 0) is 0 Å². The molecule has 0 bridgehead atoms. The molecule has 120 valence electrons. The number of nitrogens with one attached hydrogen (secondary N) is 1. The second kappa shape index (κ2) is 5.51. The fourth-order valence-corrected chi connectivity index (χ4v) is 3.29. The molecule has 1 atom stereocenters. The van der Waals surface area contributed by atoms with E-state index >= 15 is 0 Å². The molecule has 24 heavy (non-hydrogen) atoms. The lowest BCUT2D eigenvalue weighted by Crippen LogP contribution is -2.34. The highest BCUT2D eigenvalue weighted by atomic mass is 35.5. The first-order valence-electron chi connectivity index (χ1n) is 7.11. The molecular formula is C16H11Cl2N5O. The van der Waals surface area contributed by atoms with E-state index in [-0.39, 0.29) is 11.5 Å². The Morgan fingerprint density at radius 2 is 1.96 bits per heavy atom. The van der Waals surface area contributed by atoms with E-state index < -0.39 is 6.17 Å². The van der Waals surface area contributed by atoms with Gasteiger partial charge in [-0.05, 0) is 24.3 Å². The molecule has 6 nitrogen and oxygen atoms in total. The molecule has 0 fully saturated rings. The van der Waals surface area contributed by atoms with Crippen molar-refractivity contribution < 1.29 is 0 Å². The quantitative estimate of drug-likeness (QED) is 0.699. The summed E-state index contributed by atoms with van der Waals surface area (Å²) in [6.45, 7) is 0. The van der Waals surface area contributed by atoms with Gasteiger partial charge in [-0.1, -0.05) is 41.4 Å². The number of halogens is 2. The number of hydrogen-bond donors (Lipinski definition) is 2. The second-order valence-corrected chi connectivity index (χ2v) is 6.15. The average molecular weight is 360 g/mol. The van der Waals surface area contributed by atoms with E-state index in [0.29, 0.717) is 32.5 Å². The topological polar surface area (TPSA) is 85.3 Å². The van der Waals surface area contributed by atoms with Crippen LogP contribution in [0.1, 0.15) is 11.7 Å². The van der Waals surface area contributed by atoms with Crippen LogP contribution in [0.15, 0.2) is 52.3 Å². The lowest BCUT2D eigenvalue weighted by atomic mass is 10.1. The summed E-state index contributed by atoms with van der Waals surface area (Å²) in [7, 11) is 0. The van der Waals surface area contributed by atoms with Crippen molar-refractivity contribution >= 4 is 46.0 Å². The first-order chi connectivity index (χ1) is 11.5. The molecule has 3 aromatic rings. The number of nitrogens with two attached hydrogens (primary N) is 1. The molecule has 0 unspecified atom stereocenters. The van der Waals surface area contributed by atoms with Crippen molar-refractivity contribution in [2.75, 3.05) is 5.32 Å². The van der Waals surface area contributed by atoms with Gasteiger partial charge in [0.25, 0.3) is 5.56 Å². The summed E-state index contributed by atoms with van der Waals surface area (Å²) in [6.07, 6.45) is -0.552. The van der Waals surface area contributed by atoms with Crippen molar-refractivity contribution in [2.24, 2.45) is 10.7 Å². The Balaban J connectivity index is 2.05. The molecule has 0 saturated heterocycles. The zero-order chi connectivity index (χ0) is 16.8. The van der Waals surface area contributed by atoms with Crippen LogP contribution in [0.2, 0.25) is 10.0 Å². The zero-order valence-corrected chi connectivity index (χ0v) is 13.7. The molecule has 4 rings (SSSR count).